The predicted molar refractivity (Wildman–Crippen MR) is 70.9 cm³/mol. The van der Waals surface area contributed by atoms with Gasteiger partial charge >= 0.3 is 0 Å². The van der Waals surface area contributed by atoms with Gasteiger partial charge in [-0.15, -0.1) is 0 Å². The van der Waals surface area contributed by atoms with Gasteiger partial charge < -0.3 is 16.8 Å². The molecule has 5 N–H and O–H groups in total. The molecule has 0 aliphatic carbocycles. The second kappa shape index (κ2) is 5.19. The van der Waals surface area contributed by atoms with E-state index in [1.54, 1.807) is 12.1 Å². The van der Waals surface area contributed by atoms with Crippen LogP contribution in [-0.4, -0.2) is 18.0 Å². The first-order valence-electron chi connectivity index (χ1n) is 5.78. The molecule has 1 amide bonds. The maximum Gasteiger partial charge on any atom is 0.250 e. The van der Waals surface area contributed by atoms with E-state index in [1.807, 2.05) is 19.1 Å². The Balaban J connectivity index is 3.06. The molecule has 0 heterocycles. The Morgan fingerprint density at radius 3 is 2.47 bits per heavy atom. The first-order valence-corrected chi connectivity index (χ1v) is 5.78. The van der Waals surface area contributed by atoms with Crippen molar-refractivity contribution in [1.82, 2.24) is 0 Å². The van der Waals surface area contributed by atoms with Crippen LogP contribution in [0.3, 0.4) is 0 Å². The summed E-state index contributed by atoms with van der Waals surface area (Å²) in [7, 11) is 0. The summed E-state index contributed by atoms with van der Waals surface area (Å²) in [5.74, 6) is -0.0929. The molecule has 0 fully saturated rings. The van der Waals surface area contributed by atoms with Gasteiger partial charge in [0.25, 0.3) is 5.91 Å². The third-order valence-electron chi connectivity index (χ3n) is 3.31. The average Bonchev–Trinajstić information content (AvgIpc) is 2.29. The lowest BCUT2D eigenvalue weighted by Crippen LogP contribution is -2.47. The molecule has 0 saturated carbocycles. The highest BCUT2D eigenvalue weighted by atomic mass is 16.1. The van der Waals surface area contributed by atoms with E-state index in [2.05, 4.69) is 19.2 Å². The van der Waals surface area contributed by atoms with Crippen molar-refractivity contribution in [2.24, 2.45) is 17.4 Å². The van der Waals surface area contributed by atoms with Crippen molar-refractivity contribution in [1.29, 1.82) is 0 Å². The third-order valence-corrected chi connectivity index (χ3v) is 3.31. The van der Waals surface area contributed by atoms with Gasteiger partial charge in [0.05, 0.1) is 5.56 Å². The zero-order valence-electron chi connectivity index (χ0n) is 10.7. The van der Waals surface area contributed by atoms with Gasteiger partial charge in [-0.3, -0.25) is 4.79 Å². The van der Waals surface area contributed by atoms with Gasteiger partial charge in [0.2, 0.25) is 0 Å². The lowest BCUT2D eigenvalue weighted by molar-refractivity contribution is 0.100. The lowest BCUT2D eigenvalue weighted by Gasteiger charge is -2.35. The number of benzene rings is 1. The van der Waals surface area contributed by atoms with E-state index in [0.29, 0.717) is 18.0 Å². The van der Waals surface area contributed by atoms with Crippen LogP contribution in [0, 0.1) is 5.92 Å². The smallest absolute Gasteiger partial charge is 0.250 e. The van der Waals surface area contributed by atoms with Crippen LogP contribution >= 0.6 is 0 Å². The zero-order valence-corrected chi connectivity index (χ0v) is 10.7. The molecular weight excluding hydrogens is 214 g/mol. The van der Waals surface area contributed by atoms with Crippen molar-refractivity contribution >= 4 is 11.6 Å². The van der Waals surface area contributed by atoms with Crippen LogP contribution in [0.15, 0.2) is 24.3 Å². The van der Waals surface area contributed by atoms with Crippen LogP contribution in [0.4, 0.5) is 5.69 Å². The van der Waals surface area contributed by atoms with Gasteiger partial charge in [0.15, 0.2) is 0 Å². The highest BCUT2D eigenvalue weighted by Gasteiger charge is 2.27. The number of nitrogens with one attached hydrogen (secondary N) is 1. The predicted octanol–water partition coefficient (Wildman–Crippen LogP) is 1.57. The maximum atomic E-state index is 11.3. The van der Waals surface area contributed by atoms with Crippen molar-refractivity contribution in [3.8, 4) is 0 Å². The summed E-state index contributed by atoms with van der Waals surface area (Å²) in [6.07, 6.45) is 0. The van der Waals surface area contributed by atoms with Gasteiger partial charge in [0, 0.05) is 17.8 Å². The molecule has 0 aromatic heterocycles. The molecule has 4 nitrogen and oxygen atoms in total. The highest BCUT2D eigenvalue weighted by Crippen LogP contribution is 2.24. The van der Waals surface area contributed by atoms with Crippen molar-refractivity contribution < 1.29 is 4.79 Å². The Morgan fingerprint density at radius 2 is 2.00 bits per heavy atom. The van der Waals surface area contributed by atoms with Gasteiger partial charge in [-0.25, -0.2) is 0 Å². The Kier molecular flexibility index (Phi) is 4.12. The molecule has 0 aliphatic rings. The van der Waals surface area contributed by atoms with Crippen LogP contribution in [0.25, 0.3) is 0 Å². The molecule has 94 valence electrons. The molecule has 1 unspecified atom stereocenters. The number of hydrogen-bond donors (Lipinski definition) is 3. The second-order valence-electron chi connectivity index (χ2n) is 4.81. The van der Waals surface area contributed by atoms with Crippen LogP contribution in [-0.2, 0) is 0 Å². The van der Waals surface area contributed by atoms with E-state index in [-0.39, 0.29) is 5.54 Å². The number of rotatable bonds is 5. The maximum absolute atomic E-state index is 11.3. The molecule has 4 heteroatoms. The van der Waals surface area contributed by atoms with E-state index in [4.69, 9.17) is 11.5 Å². The number of primary amides is 1. The van der Waals surface area contributed by atoms with E-state index in [0.717, 1.165) is 5.69 Å². The topological polar surface area (TPSA) is 81.1 Å². The zero-order chi connectivity index (χ0) is 13.1. The number of para-hydroxylation sites is 1. The quantitative estimate of drug-likeness (QED) is 0.724. The Labute approximate surface area is 102 Å². The largest absolute Gasteiger partial charge is 0.378 e. The van der Waals surface area contributed by atoms with Gasteiger partial charge in [-0.2, -0.15) is 0 Å². The Bertz CT molecular complexity index is 403. The monoisotopic (exact) mass is 235 g/mol. The molecule has 0 spiro atoms. The SMILES string of the molecule is CC(C)C(C)(CN)Nc1ccccc1C(N)=O. The number of carbonyl (C=O) groups excluding carboxylic acids is 1. The molecule has 1 aromatic carbocycles. The minimum atomic E-state index is -0.434. The van der Waals surface area contributed by atoms with Gasteiger partial charge in [-0.1, -0.05) is 26.0 Å². The molecule has 1 aromatic rings. The first kappa shape index (κ1) is 13.5. The molecule has 17 heavy (non-hydrogen) atoms. The molecule has 0 aliphatic heterocycles. The van der Waals surface area contributed by atoms with E-state index < -0.39 is 5.91 Å². The molecule has 0 bridgehead atoms. The fourth-order valence-corrected chi connectivity index (χ4v) is 1.55. The molecule has 1 atom stereocenters. The van der Waals surface area contributed by atoms with Crippen LogP contribution < -0.4 is 16.8 Å². The Hall–Kier alpha value is -1.55. The molecule has 0 radical (unpaired) electrons. The van der Waals surface area contributed by atoms with Crippen molar-refractivity contribution in [2.45, 2.75) is 26.3 Å². The van der Waals surface area contributed by atoms with Crippen LogP contribution in [0.2, 0.25) is 0 Å². The first-order chi connectivity index (χ1) is 7.90. The molecular formula is C13H21N3O. The normalized spacial score (nSPS) is 14.4. The summed E-state index contributed by atoms with van der Waals surface area (Å²) in [6.45, 7) is 6.70. The standard InChI is InChI=1S/C13H21N3O/c1-9(2)13(3,8-14)16-11-7-5-4-6-10(11)12(15)17/h4-7,9,16H,8,14H2,1-3H3,(H2,15,17). The van der Waals surface area contributed by atoms with Crippen molar-refractivity contribution in [3.63, 3.8) is 0 Å². The fourth-order valence-electron chi connectivity index (χ4n) is 1.55. The summed E-state index contributed by atoms with van der Waals surface area (Å²) in [6, 6.07) is 7.21. The fraction of sp³-hybridized carbons (Fsp3) is 0.462. The summed E-state index contributed by atoms with van der Waals surface area (Å²) in [5, 5.41) is 3.33. The number of hydrogen-bond acceptors (Lipinski definition) is 3. The second-order valence-corrected chi connectivity index (χ2v) is 4.81. The lowest BCUT2D eigenvalue weighted by atomic mass is 9.88. The minimum Gasteiger partial charge on any atom is -0.378 e. The van der Waals surface area contributed by atoms with Gasteiger partial charge in [0.1, 0.15) is 0 Å². The minimum absolute atomic E-state index is 0.258. The number of nitrogens with two attached hydrogens (primary N) is 2. The van der Waals surface area contributed by atoms with E-state index in [9.17, 15) is 4.79 Å². The van der Waals surface area contributed by atoms with E-state index >= 15 is 0 Å². The van der Waals surface area contributed by atoms with Crippen molar-refractivity contribution in [3.05, 3.63) is 29.8 Å². The van der Waals surface area contributed by atoms with Crippen molar-refractivity contribution in [2.75, 3.05) is 11.9 Å². The van der Waals surface area contributed by atoms with Crippen LogP contribution in [0.1, 0.15) is 31.1 Å². The highest BCUT2D eigenvalue weighted by molar-refractivity contribution is 5.98. The van der Waals surface area contributed by atoms with Crippen LogP contribution in [0.5, 0.6) is 0 Å². The summed E-state index contributed by atoms with van der Waals surface area (Å²) in [5.41, 5.74) is 12.1. The average molecular weight is 235 g/mol. The molecule has 1 rings (SSSR count). The van der Waals surface area contributed by atoms with E-state index in [1.165, 1.54) is 0 Å². The Morgan fingerprint density at radius 1 is 1.41 bits per heavy atom. The van der Waals surface area contributed by atoms with Gasteiger partial charge in [-0.05, 0) is 25.0 Å². The summed E-state index contributed by atoms with van der Waals surface area (Å²) < 4.78 is 0. The third kappa shape index (κ3) is 2.97. The number of carbonyl (C=O) groups is 1. The number of amides is 1. The number of anilines is 1. The molecule has 0 saturated heterocycles. The summed E-state index contributed by atoms with van der Waals surface area (Å²) >= 11 is 0. The summed E-state index contributed by atoms with van der Waals surface area (Å²) in [4.78, 5) is 11.3.